The largest absolute Gasteiger partial charge is 0.484 e. The molecular formula is C15H15F2NO2. The minimum Gasteiger partial charge on any atom is -0.484 e. The number of aliphatic hydroxyl groups is 1. The SMILES string of the molecule is NCc1cc(F)c(OCC(O)c2ccccc2)c(F)c1. The van der Waals surface area contributed by atoms with Gasteiger partial charge in [-0.05, 0) is 23.3 Å². The molecule has 2 aromatic rings. The maximum Gasteiger partial charge on any atom is 0.190 e. The zero-order valence-corrected chi connectivity index (χ0v) is 10.7. The van der Waals surface area contributed by atoms with Crippen LogP contribution >= 0.6 is 0 Å². The molecule has 0 aliphatic heterocycles. The van der Waals surface area contributed by atoms with E-state index in [1.807, 2.05) is 6.07 Å². The molecule has 1 unspecified atom stereocenters. The fourth-order valence-corrected chi connectivity index (χ4v) is 1.80. The highest BCUT2D eigenvalue weighted by Crippen LogP contribution is 2.24. The van der Waals surface area contributed by atoms with Crippen molar-refractivity contribution in [1.29, 1.82) is 0 Å². The molecule has 0 heterocycles. The normalized spacial score (nSPS) is 12.2. The molecule has 0 aliphatic carbocycles. The van der Waals surface area contributed by atoms with Crippen LogP contribution in [0.5, 0.6) is 5.75 Å². The molecule has 3 N–H and O–H groups in total. The van der Waals surface area contributed by atoms with Gasteiger partial charge in [0, 0.05) is 6.54 Å². The molecule has 0 aliphatic rings. The quantitative estimate of drug-likeness (QED) is 0.884. The van der Waals surface area contributed by atoms with Crippen LogP contribution in [0.1, 0.15) is 17.2 Å². The van der Waals surface area contributed by atoms with Gasteiger partial charge in [-0.2, -0.15) is 0 Å². The van der Waals surface area contributed by atoms with Crippen LogP contribution in [0.15, 0.2) is 42.5 Å². The molecule has 2 aromatic carbocycles. The molecular weight excluding hydrogens is 264 g/mol. The lowest BCUT2D eigenvalue weighted by Crippen LogP contribution is -2.11. The summed E-state index contributed by atoms with van der Waals surface area (Å²) in [7, 11) is 0. The number of ether oxygens (including phenoxy) is 1. The van der Waals surface area contributed by atoms with E-state index in [1.54, 1.807) is 24.3 Å². The first-order chi connectivity index (χ1) is 9.61. The highest BCUT2D eigenvalue weighted by molar-refractivity contribution is 5.31. The van der Waals surface area contributed by atoms with Crippen molar-refractivity contribution in [2.45, 2.75) is 12.6 Å². The molecule has 3 nitrogen and oxygen atoms in total. The van der Waals surface area contributed by atoms with E-state index in [-0.39, 0.29) is 13.2 Å². The summed E-state index contributed by atoms with van der Waals surface area (Å²) in [6.45, 7) is -0.194. The van der Waals surface area contributed by atoms with Crippen LogP contribution in [-0.4, -0.2) is 11.7 Å². The van der Waals surface area contributed by atoms with Crippen LogP contribution in [0.4, 0.5) is 8.78 Å². The Morgan fingerprint density at radius 3 is 2.25 bits per heavy atom. The van der Waals surface area contributed by atoms with Crippen molar-refractivity contribution >= 4 is 0 Å². The summed E-state index contributed by atoms with van der Waals surface area (Å²) in [5.74, 6) is -2.16. The summed E-state index contributed by atoms with van der Waals surface area (Å²) in [5, 5.41) is 9.87. The van der Waals surface area contributed by atoms with E-state index in [0.717, 1.165) is 12.1 Å². The van der Waals surface area contributed by atoms with Gasteiger partial charge in [-0.1, -0.05) is 30.3 Å². The van der Waals surface area contributed by atoms with Crippen molar-refractivity contribution in [2.24, 2.45) is 5.73 Å². The third-order valence-corrected chi connectivity index (χ3v) is 2.86. The zero-order chi connectivity index (χ0) is 14.5. The summed E-state index contributed by atoms with van der Waals surface area (Å²) < 4.78 is 32.3. The predicted molar refractivity (Wildman–Crippen MR) is 71.1 cm³/mol. The molecule has 0 bridgehead atoms. The second-order valence-electron chi connectivity index (χ2n) is 4.33. The Bertz CT molecular complexity index is 552. The lowest BCUT2D eigenvalue weighted by molar-refractivity contribution is 0.103. The van der Waals surface area contributed by atoms with Crippen molar-refractivity contribution in [3.8, 4) is 5.75 Å². The standard InChI is InChI=1S/C15H15F2NO2/c16-12-6-10(8-18)7-13(17)15(12)20-9-14(19)11-4-2-1-3-5-11/h1-7,14,19H,8-9,18H2. The number of benzene rings is 2. The van der Waals surface area contributed by atoms with Gasteiger partial charge < -0.3 is 15.6 Å². The number of hydrogen-bond donors (Lipinski definition) is 2. The van der Waals surface area contributed by atoms with Crippen LogP contribution in [0.25, 0.3) is 0 Å². The minimum absolute atomic E-state index is 0.0424. The summed E-state index contributed by atoms with van der Waals surface area (Å²) in [6.07, 6.45) is -0.954. The zero-order valence-electron chi connectivity index (χ0n) is 10.7. The fourth-order valence-electron chi connectivity index (χ4n) is 1.80. The first kappa shape index (κ1) is 14.4. The van der Waals surface area contributed by atoms with Crippen molar-refractivity contribution < 1.29 is 18.6 Å². The van der Waals surface area contributed by atoms with Crippen LogP contribution < -0.4 is 10.5 Å². The molecule has 5 heteroatoms. The number of hydrogen-bond acceptors (Lipinski definition) is 3. The maximum absolute atomic E-state index is 13.6. The highest BCUT2D eigenvalue weighted by Gasteiger charge is 2.15. The van der Waals surface area contributed by atoms with Crippen LogP contribution in [0.3, 0.4) is 0 Å². The van der Waals surface area contributed by atoms with Gasteiger partial charge in [0.2, 0.25) is 0 Å². The number of aliphatic hydroxyl groups excluding tert-OH is 1. The van der Waals surface area contributed by atoms with Crippen molar-refractivity contribution in [3.63, 3.8) is 0 Å². The minimum atomic E-state index is -0.954. The second-order valence-corrected chi connectivity index (χ2v) is 4.33. The number of nitrogens with two attached hydrogens (primary N) is 1. The Morgan fingerprint density at radius 1 is 1.10 bits per heavy atom. The van der Waals surface area contributed by atoms with E-state index in [9.17, 15) is 13.9 Å². The van der Waals surface area contributed by atoms with Gasteiger partial charge in [0.05, 0.1) is 0 Å². The van der Waals surface area contributed by atoms with Crippen LogP contribution in [0.2, 0.25) is 0 Å². The molecule has 0 saturated heterocycles. The number of halogens is 2. The third kappa shape index (κ3) is 3.31. The Morgan fingerprint density at radius 2 is 1.70 bits per heavy atom. The van der Waals surface area contributed by atoms with Gasteiger partial charge in [0.1, 0.15) is 12.7 Å². The fraction of sp³-hybridized carbons (Fsp3) is 0.200. The summed E-state index contributed by atoms with van der Waals surface area (Å²) in [5.41, 5.74) is 6.28. The van der Waals surface area contributed by atoms with Crippen LogP contribution in [-0.2, 0) is 6.54 Å². The Labute approximate surface area is 115 Å². The summed E-state index contributed by atoms with van der Waals surface area (Å²) >= 11 is 0. The van der Waals surface area contributed by atoms with Gasteiger partial charge in [0.15, 0.2) is 17.4 Å². The van der Waals surface area contributed by atoms with E-state index < -0.39 is 23.5 Å². The van der Waals surface area contributed by atoms with Gasteiger partial charge in [0.25, 0.3) is 0 Å². The first-order valence-corrected chi connectivity index (χ1v) is 6.15. The average molecular weight is 279 g/mol. The Kier molecular flexibility index (Phi) is 4.65. The molecule has 106 valence electrons. The lowest BCUT2D eigenvalue weighted by atomic mass is 10.1. The Balaban J connectivity index is 2.08. The monoisotopic (exact) mass is 279 g/mol. The molecule has 0 saturated carbocycles. The topological polar surface area (TPSA) is 55.5 Å². The Hall–Kier alpha value is -1.98. The molecule has 20 heavy (non-hydrogen) atoms. The highest BCUT2D eigenvalue weighted by atomic mass is 19.1. The predicted octanol–water partition coefficient (Wildman–Crippen LogP) is 2.54. The molecule has 2 rings (SSSR count). The average Bonchev–Trinajstić information content (AvgIpc) is 2.46. The molecule has 0 spiro atoms. The van der Waals surface area contributed by atoms with E-state index >= 15 is 0 Å². The first-order valence-electron chi connectivity index (χ1n) is 6.15. The second kappa shape index (κ2) is 6.45. The maximum atomic E-state index is 13.6. The van der Waals surface area contributed by atoms with Gasteiger partial charge >= 0.3 is 0 Å². The van der Waals surface area contributed by atoms with Crippen LogP contribution in [0, 0.1) is 11.6 Å². The van der Waals surface area contributed by atoms with Crippen molar-refractivity contribution in [2.75, 3.05) is 6.61 Å². The van der Waals surface area contributed by atoms with Crippen molar-refractivity contribution in [3.05, 3.63) is 65.2 Å². The smallest absolute Gasteiger partial charge is 0.190 e. The summed E-state index contributed by atoms with van der Waals surface area (Å²) in [6, 6.07) is 11.0. The van der Waals surface area contributed by atoms with E-state index in [0.29, 0.717) is 11.1 Å². The molecule has 0 fully saturated rings. The van der Waals surface area contributed by atoms with Gasteiger partial charge in [-0.15, -0.1) is 0 Å². The molecule has 1 atom stereocenters. The summed E-state index contributed by atoms with van der Waals surface area (Å²) in [4.78, 5) is 0. The molecule has 0 amide bonds. The lowest BCUT2D eigenvalue weighted by Gasteiger charge is -2.14. The molecule has 0 radical (unpaired) electrons. The van der Waals surface area contributed by atoms with Gasteiger partial charge in [-0.3, -0.25) is 0 Å². The molecule has 0 aromatic heterocycles. The third-order valence-electron chi connectivity index (χ3n) is 2.86. The van der Waals surface area contributed by atoms with E-state index in [2.05, 4.69) is 0 Å². The van der Waals surface area contributed by atoms with E-state index in [4.69, 9.17) is 10.5 Å². The van der Waals surface area contributed by atoms with Crippen molar-refractivity contribution in [1.82, 2.24) is 0 Å². The number of rotatable bonds is 5. The van der Waals surface area contributed by atoms with Gasteiger partial charge in [-0.25, -0.2) is 8.78 Å². The van der Waals surface area contributed by atoms with E-state index in [1.165, 1.54) is 0 Å².